The molecule has 0 aliphatic carbocycles. The fourth-order valence-corrected chi connectivity index (χ4v) is 3.39. The van der Waals surface area contributed by atoms with E-state index in [2.05, 4.69) is 30.9 Å². The number of benzene rings is 1. The molecule has 1 aromatic heterocycles. The van der Waals surface area contributed by atoms with E-state index in [1.54, 1.807) is 0 Å². The van der Waals surface area contributed by atoms with Gasteiger partial charge >= 0.3 is 0 Å². The molecule has 4 rings (SSSR count). The molecule has 1 fully saturated rings. The third-order valence-electron chi connectivity index (χ3n) is 4.51. The lowest BCUT2D eigenvalue weighted by molar-refractivity contribution is 0.0193. The third-order valence-corrected chi connectivity index (χ3v) is 4.51. The maximum absolute atomic E-state index is 5.92. The van der Waals surface area contributed by atoms with Crippen molar-refractivity contribution < 1.29 is 18.7 Å². The van der Waals surface area contributed by atoms with Crippen LogP contribution in [0, 0.1) is 5.41 Å². The minimum Gasteiger partial charge on any atom is -0.486 e. The number of nitrogens with zero attached hydrogens (tertiary/aromatic N) is 2. The number of hydrogen-bond acceptors (Lipinski definition) is 6. The van der Waals surface area contributed by atoms with Crippen LogP contribution < -0.4 is 9.47 Å². The average Bonchev–Trinajstić information content (AvgIpc) is 3.22. The van der Waals surface area contributed by atoms with Crippen LogP contribution in [-0.4, -0.2) is 36.1 Å². The van der Waals surface area contributed by atoms with E-state index in [1.807, 2.05) is 18.2 Å². The minimum absolute atomic E-state index is 0.0406. The number of rotatable bonds is 2. The van der Waals surface area contributed by atoms with E-state index in [-0.39, 0.29) is 17.4 Å². The Labute approximate surface area is 141 Å². The molecule has 6 heteroatoms. The van der Waals surface area contributed by atoms with E-state index in [0.717, 1.165) is 35.9 Å². The van der Waals surface area contributed by atoms with Crippen LogP contribution in [-0.2, 0) is 4.74 Å². The molecular weight excluding hydrogens is 308 g/mol. The van der Waals surface area contributed by atoms with Gasteiger partial charge in [0.2, 0.25) is 0 Å². The Hall–Kier alpha value is -2.08. The van der Waals surface area contributed by atoms with Gasteiger partial charge in [-0.15, -0.1) is 0 Å². The molecule has 2 aliphatic rings. The van der Waals surface area contributed by atoms with Crippen LogP contribution in [0.15, 0.2) is 22.7 Å². The monoisotopic (exact) mass is 330 g/mol. The summed E-state index contributed by atoms with van der Waals surface area (Å²) in [5, 5.41) is 4.21. The highest BCUT2D eigenvalue weighted by Gasteiger charge is 2.40. The number of fused-ring (bicyclic) bond motifs is 1. The Morgan fingerprint density at radius 2 is 1.83 bits per heavy atom. The zero-order chi connectivity index (χ0) is 16.7. The average molecular weight is 330 g/mol. The van der Waals surface area contributed by atoms with Gasteiger partial charge in [0.25, 0.3) is 5.89 Å². The van der Waals surface area contributed by atoms with Crippen LogP contribution in [0.4, 0.5) is 0 Å². The normalized spacial score (nSPS) is 23.5. The molecule has 3 heterocycles. The van der Waals surface area contributed by atoms with Crippen molar-refractivity contribution in [2.45, 2.75) is 39.2 Å². The van der Waals surface area contributed by atoms with Crippen molar-refractivity contribution in [2.75, 3.05) is 19.8 Å². The zero-order valence-corrected chi connectivity index (χ0v) is 14.2. The summed E-state index contributed by atoms with van der Waals surface area (Å²) < 4.78 is 22.6. The van der Waals surface area contributed by atoms with Crippen molar-refractivity contribution in [1.82, 2.24) is 10.1 Å². The molecule has 1 aromatic carbocycles. The molecule has 0 unspecified atom stereocenters. The fourth-order valence-electron chi connectivity index (χ4n) is 3.39. The molecule has 0 spiro atoms. The molecule has 0 bridgehead atoms. The first-order valence-electron chi connectivity index (χ1n) is 8.37. The van der Waals surface area contributed by atoms with E-state index in [9.17, 15) is 0 Å². The van der Waals surface area contributed by atoms with Gasteiger partial charge in [-0.05, 0) is 30.0 Å². The summed E-state index contributed by atoms with van der Waals surface area (Å²) in [6.45, 7) is 8.40. The molecule has 0 saturated carbocycles. The van der Waals surface area contributed by atoms with E-state index < -0.39 is 0 Å². The quantitative estimate of drug-likeness (QED) is 0.840. The van der Waals surface area contributed by atoms with Gasteiger partial charge < -0.3 is 18.7 Å². The van der Waals surface area contributed by atoms with Gasteiger partial charge in [0.15, 0.2) is 17.3 Å². The molecule has 2 aromatic rings. The molecule has 0 amide bonds. The zero-order valence-electron chi connectivity index (χ0n) is 14.2. The highest BCUT2D eigenvalue weighted by atomic mass is 16.6. The molecule has 0 N–H and O–H groups in total. The van der Waals surface area contributed by atoms with Crippen LogP contribution in [0.25, 0.3) is 11.5 Å². The van der Waals surface area contributed by atoms with E-state index in [4.69, 9.17) is 18.7 Å². The second kappa shape index (κ2) is 5.77. The van der Waals surface area contributed by atoms with Gasteiger partial charge in [-0.25, -0.2) is 0 Å². The van der Waals surface area contributed by atoms with Gasteiger partial charge in [-0.3, -0.25) is 0 Å². The predicted molar refractivity (Wildman–Crippen MR) is 87.3 cm³/mol. The molecule has 128 valence electrons. The van der Waals surface area contributed by atoms with Crippen molar-refractivity contribution in [3.05, 3.63) is 24.0 Å². The lowest BCUT2D eigenvalue weighted by Crippen LogP contribution is -2.30. The van der Waals surface area contributed by atoms with Gasteiger partial charge in [0, 0.05) is 12.2 Å². The summed E-state index contributed by atoms with van der Waals surface area (Å²) in [5.41, 5.74) is 0.878. The first-order valence-corrected chi connectivity index (χ1v) is 8.37. The van der Waals surface area contributed by atoms with Crippen LogP contribution in [0.5, 0.6) is 11.5 Å². The van der Waals surface area contributed by atoms with Gasteiger partial charge in [0.1, 0.15) is 13.2 Å². The third kappa shape index (κ3) is 2.75. The Morgan fingerprint density at radius 3 is 2.62 bits per heavy atom. The van der Waals surface area contributed by atoms with E-state index in [0.29, 0.717) is 19.1 Å². The molecular formula is C18H22N2O4. The number of aromatic nitrogens is 2. The second-order valence-corrected chi connectivity index (χ2v) is 7.37. The minimum atomic E-state index is 0.0406. The van der Waals surface area contributed by atoms with E-state index in [1.165, 1.54) is 0 Å². The van der Waals surface area contributed by atoms with Crippen LogP contribution in [0.3, 0.4) is 0 Å². The summed E-state index contributed by atoms with van der Waals surface area (Å²) in [6, 6.07) is 5.68. The highest BCUT2D eigenvalue weighted by Crippen LogP contribution is 2.40. The van der Waals surface area contributed by atoms with Crippen LogP contribution in [0.2, 0.25) is 0 Å². The summed E-state index contributed by atoms with van der Waals surface area (Å²) in [5.74, 6) is 2.86. The Morgan fingerprint density at radius 1 is 1.04 bits per heavy atom. The Bertz CT molecular complexity index is 735. The van der Waals surface area contributed by atoms with Crippen molar-refractivity contribution in [3.8, 4) is 23.0 Å². The van der Waals surface area contributed by atoms with Crippen LogP contribution in [0.1, 0.15) is 38.9 Å². The number of ether oxygens (including phenoxy) is 3. The highest BCUT2D eigenvalue weighted by molar-refractivity contribution is 5.60. The molecule has 6 nitrogen and oxygen atoms in total. The smallest absolute Gasteiger partial charge is 0.258 e. The van der Waals surface area contributed by atoms with Crippen molar-refractivity contribution >= 4 is 0 Å². The molecule has 0 radical (unpaired) electrons. The maximum Gasteiger partial charge on any atom is 0.258 e. The standard InChI is InChI=1S/C18H22N2O4/c1-18(2,3)15-12(6-7-23-15)16-19-17(24-20-16)11-4-5-13-14(10-11)22-9-8-21-13/h4-5,10,12,15H,6-9H2,1-3H3/t12-,15-/m1/s1. The lowest BCUT2D eigenvalue weighted by atomic mass is 9.81. The lowest BCUT2D eigenvalue weighted by Gasteiger charge is -2.29. The summed E-state index contributed by atoms with van der Waals surface area (Å²) >= 11 is 0. The first-order chi connectivity index (χ1) is 11.5. The topological polar surface area (TPSA) is 66.6 Å². The van der Waals surface area contributed by atoms with Crippen molar-refractivity contribution in [2.24, 2.45) is 5.41 Å². The second-order valence-electron chi connectivity index (χ2n) is 7.37. The van der Waals surface area contributed by atoms with Gasteiger partial charge in [-0.1, -0.05) is 25.9 Å². The molecule has 1 saturated heterocycles. The SMILES string of the molecule is CC(C)(C)[C@@H]1OCC[C@H]1c1noc(-c2ccc3c(c2)OCCO3)n1. The first kappa shape index (κ1) is 15.4. The Balaban J connectivity index is 1.61. The summed E-state index contributed by atoms with van der Waals surface area (Å²) in [6.07, 6.45) is 1.02. The van der Waals surface area contributed by atoms with Gasteiger partial charge in [0.05, 0.1) is 12.0 Å². The predicted octanol–water partition coefficient (Wildman–Crippen LogP) is 3.43. The van der Waals surface area contributed by atoms with Gasteiger partial charge in [-0.2, -0.15) is 4.98 Å². The maximum atomic E-state index is 5.92. The largest absolute Gasteiger partial charge is 0.486 e. The molecule has 2 atom stereocenters. The molecule has 2 aliphatic heterocycles. The Kier molecular flexibility index (Phi) is 3.72. The van der Waals surface area contributed by atoms with Crippen molar-refractivity contribution in [3.63, 3.8) is 0 Å². The molecule has 24 heavy (non-hydrogen) atoms. The van der Waals surface area contributed by atoms with Crippen molar-refractivity contribution in [1.29, 1.82) is 0 Å². The number of hydrogen-bond donors (Lipinski definition) is 0. The summed E-state index contributed by atoms with van der Waals surface area (Å²) in [4.78, 5) is 4.62. The van der Waals surface area contributed by atoms with Crippen LogP contribution >= 0.6 is 0 Å². The van der Waals surface area contributed by atoms with E-state index >= 15 is 0 Å². The fraction of sp³-hybridized carbons (Fsp3) is 0.556. The summed E-state index contributed by atoms with van der Waals surface area (Å²) in [7, 11) is 0.